The van der Waals surface area contributed by atoms with E-state index in [2.05, 4.69) is 59.6 Å². The summed E-state index contributed by atoms with van der Waals surface area (Å²) in [6, 6.07) is 29.8. The number of amides is 3. The SMILES string of the molecule is Cc1cc(OC2C[C@H]3CC(CCCN4CCN(c5cccc6c(C7CCC(=O)NC7=O)nn(C)c56)CC4)C[C@H]3C2)ccc1-c1ccc(N2CCc3cccc(C(=O)Nc4nc5ccccc5s4)c3C2)[nH+]c1C(=O)O. The first-order valence-corrected chi connectivity index (χ1v) is 27.2. The highest BCUT2D eigenvalue weighted by Gasteiger charge is 2.42. The number of anilines is 3. The molecule has 3 unspecified atom stereocenters. The van der Waals surface area contributed by atoms with Crippen LogP contribution in [0.25, 0.3) is 32.2 Å². The largest absolute Gasteiger partial charge is 0.490 e. The number of hydrogen-bond donors (Lipinski definition) is 3. The second-order valence-electron chi connectivity index (χ2n) is 21.2. The number of carboxylic acid groups (broad SMARTS) is 1. The van der Waals surface area contributed by atoms with Gasteiger partial charge in [-0.15, -0.1) is 0 Å². The number of ether oxygens (including phenoxy) is 1. The zero-order valence-corrected chi connectivity index (χ0v) is 42.8. The van der Waals surface area contributed by atoms with Crippen molar-refractivity contribution in [2.45, 2.75) is 83.3 Å². The fraction of sp³-hybridized carbons (Fsp3) is 0.397. The van der Waals surface area contributed by atoms with Gasteiger partial charge in [0.25, 0.3) is 11.7 Å². The molecule has 4 fully saturated rings. The van der Waals surface area contributed by atoms with E-state index in [0.29, 0.717) is 66.3 Å². The second-order valence-corrected chi connectivity index (χ2v) is 22.2. The molecule has 3 amide bonds. The molecular weight excluding hydrogens is 951 g/mol. The van der Waals surface area contributed by atoms with Crippen LogP contribution in [0.15, 0.2) is 91.0 Å². The lowest BCUT2D eigenvalue weighted by Gasteiger charge is -2.36. The lowest BCUT2D eigenvalue weighted by atomic mass is 9.92. The number of aryl methyl sites for hydroxylation is 2. The van der Waals surface area contributed by atoms with Crippen molar-refractivity contribution < 1.29 is 34.0 Å². The minimum absolute atomic E-state index is 0.118. The standard InChI is InChI=1S/C58H61N9O6S/c1-34-28-39(15-16-41(34)42-17-19-50(60-53(42)57(71)72)67-23-21-36-9-5-10-43(46(36)33-67)55(69)62-58-59-47-12-3-4-14-49(47)74-58)73-40-31-37-29-35(30-38(37)32-40)8-7-22-65-24-26-66(27-25-65)48-13-6-11-44-52(63-64(2)54(44)48)45-18-20-51(68)61-56(45)70/h3-6,9-17,19,28,35,37-38,40,45H,7-8,18,20-27,29-33H2,1-2H3,(H,71,72)(H,59,62,69)(H,61,68,70)/p+1/t35?,37-,38+,40?,45?. The van der Waals surface area contributed by atoms with Gasteiger partial charge < -0.3 is 14.7 Å². The number of carboxylic acids is 1. The number of H-pyrrole nitrogens is 1. The number of aromatic carboxylic acids is 1. The van der Waals surface area contributed by atoms with Gasteiger partial charge in [-0.05, 0) is 135 Å². The molecule has 2 saturated carbocycles. The summed E-state index contributed by atoms with van der Waals surface area (Å²) in [4.78, 5) is 66.1. The molecule has 3 aromatic heterocycles. The molecule has 0 spiro atoms. The monoisotopic (exact) mass is 1010 g/mol. The Morgan fingerprint density at radius 2 is 1.68 bits per heavy atom. The summed E-state index contributed by atoms with van der Waals surface area (Å²) in [6.07, 6.45) is 8.93. The summed E-state index contributed by atoms with van der Waals surface area (Å²) in [5.74, 6) is 1.56. The average Bonchev–Trinajstić information content (AvgIpc) is 4.18. The molecule has 0 radical (unpaired) electrons. The van der Waals surface area contributed by atoms with Crippen LogP contribution in [0, 0.1) is 24.7 Å². The summed E-state index contributed by atoms with van der Waals surface area (Å²) >= 11 is 1.44. The van der Waals surface area contributed by atoms with Crippen LogP contribution in [0.1, 0.15) is 101 Å². The number of pyridine rings is 1. The highest BCUT2D eigenvalue weighted by atomic mass is 32.1. The van der Waals surface area contributed by atoms with Crippen LogP contribution in [0.2, 0.25) is 0 Å². The first-order valence-electron chi connectivity index (χ1n) is 26.4. The van der Waals surface area contributed by atoms with Crippen molar-refractivity contribution in [3.05, 3.63) is 125 Å². The van der Waals surface area contributed by atoms with E-state index in [4.69, 9.17) is 9.84 Å². The Bertz CT molecular complexity index is 3300. The normalized spacial score (nSPS) is 22.0. The highest BCUT2D eigenvalue weighted by Crippen LogP contribution is 2.49. The van der Waals surface area contributed by atoms with Crippen LogP contribution in [0.3, 0.4) is 0 Å². The molecule has 15 nitrogen and oxygen atoms in total. The van der Waals surface area contributed by atoms with Crippen LogP contribution in [0.5, 0.6) is 5.75 Å². The van der Waals surface area contributed by atoms with Crippen molar-refractivity contribution in [3.63, 3.8) is 0 Å². The smallest absolute Gasteiger partial charge is 0.376 e. The van der Waals surface area contributed by atoms with Gasteiger partial charge in [-0.3, -0.25) is 39.5 Å². The quantitative estimate of drug-likeness (QED) is 0.0942. The molecule has 12 rings (SSSR count). The molecule has 16 heteroatoms. The van der Waals surface area contributed by atoms with E-state index >= 15 is 0 Å². The van der Waals surface area contributed by atoms with E-state index in [1.54, 1.807) is 0 Å². The maximum absolute atomic E-state index is 13.7. The van der Waals surface area contributed by atoms with Crippen LogP contribution < -0.4 is 30.2 Å². The van der Waals surface area contributed by atoms with Crippen molar-refractivity contribution >= 4 is 72.8 Å². The minimum Gasteiger partial charge on any atom is -0.490 e. The third-order valence-electron chi connectivity index (χ3n) is 16.6. The van der Waals surface area contributed by atoms with E-state index in [9.17, 15) is 24.3 Å². The number of rotatable bonds is 13. The van der Waals surface area contributed by atoms with Crippen molar-refractivity contribution in [1.29, 1.82) is 0 Å². The zero-order valence-electron chi connectivity index (χ0n) is 41.9. The summed E-state index contributed by atoms with van der Waals surface area (Å²) in [7, 11) is 1.95. The molecule has 2 saturated heterocycles. The first-order chi connectivity index (χ1) is 36.0. The predicted octanol–water partition coefficient (Wildman–Crippen LogP) is 8.79. The number of para-hydroxylation sites is 2. The maximum Gasteiger partial charge on any atom is 0.376 e. The number of aromatic amines is 1. The van der Waals surface area contributed by atoms with Crippen LogP contribution in [-0.4, -0.2) is 93.8 Å². The number of fused-ring (bicyclic) bond motifs is 4. The third kappa shape index (κ3) is 9.38. The van der Waals surface area contributed by atoms with Crippen molar-refractivity contribution in [2.24, 2.45) is 24.8 Å². The number of thiazole rings is 1. The number of nitrogens with zero attached hydrogens (tertiary/aromatic N) is 6. The summed E-state index contributed by atoms with van der Waals surface area (Å²) < 4.78 is 9.57. The molecule has 4 N–H and O–H groups in total. The molecule has 4 aromatic carbocycles. The number of hydrogen-bond acceptors (Lipinski definition) is 11. The number of carbonyl (C=O) groups excluding carboxylic acids is 3. The van der Waals surface area contributed by atoms with E-state index in [0.717, 1.165) is 112 Å². The van der Waals surface area contributed by atoms with Crippen molar-refractivity contribution in [3.8, 4) is 16.9 Å². The lowest BCUT2D eigenvalue weighted by molar-refractivity contribution is -0.369. The number of piperazine rings is 1. The van der Waals surface area contributed by atoms with Gasteiger partial charge >= 0.3 is 5.97 Å². The van der Waals surface area contributed by atoms with Gasteiger partial charge in [-0.1, -0.05) is 53.8 Å². The predicted molar refractivity (Wildman–Crippen MR) is 286 cm³/mol. The molecule has 5 atom stereocenters. The summed E-state index contributed by atoms with van der Waals surface area (Å²) in [6.45, 7) is 8.18. The fourth-order valence-corrected chi connectivity index (χ4v) is 13.9. The summed E-state index contributed by atoms with van der Waals surface area (Å²) in [5, 5.41) is 22.4. The number of piperidine rings is 1. The lowest BCUT2D eigenvalue weighted by Crippen LogP contribution is -2.46. The highest BCUT2D eigenvalue weighted by molar-refractivity contribution is 7.22. The molecule has 2 aliphatic carbocycles. The Kier molecular flexibility index (Phi) is 12.9. The van der Waals surface area contributed by atoms with Gasteiger partial charge in [0.15, 0.2) is 5.13 Å². The Morgan fingerprint density at radius 1 is 0.878 bits per heavy atom. The molecule has 380 valence electrons. The molecule has 0 bridgehead atoms. The van der Waals surface area contributed by atoms with E-state index in [-0.39, 0.29) is 29.5 Å². The summed E-state index contributed by atoms with van der Waals surface area (Å²) in [5.41, 5.74) is 8.94. The molecule has 3 aliphatic heterocycles. The van der Waals surface area contributed by atoms with E-state index < -0.39 is 11.9 Å². The van der Waals surface area contributed by atoms with E-state index in [1.165, 1.54) is 37.0 Å². The average molecular weight is 1010 g/mol. The third-order valence-corrected chi connectivity index (χ3v) is 17.6. The maximum atomic E-state index is 13.7. The molecule has 5 aliphatic rings. The Morgan fingerprint density at radius 3 is 2.46 bits per heavy atom. The van der Waals surface area contributed by atoms with Gasteiger partial charge in [0.2, 0.25) is 17.5 Å². The Balaban J connectivity index is 0.618. The number of benzene rings is 4. The van der Waals surface area contributed by atoms with Gasteiger partial charge in [-0.2, -0.15) is 5.10 Å². The van der Waals surface area contributed by atoms with Gasteiger partial charge in [0.05, 0.1) is 45.7 Å². The number of aromatic nitrogens is 4. The molecule has 6 heterocycles. The van der Waals surface area contributed by atoms with Crippen molar-refractivity contribution in [1.82, 2.24) is 25.0 Å². The van der Waals surface area contributed by atoms with Crippen LogP contribution in [0.4, 0.5) is 16.6 Å². The van der Waals surface area contributed by atoms with E-state index in [1.807, 2.05) is 85.4 Å². The first kappa shape index (κ1) is 47.8. The number of carbonyl (C=O) groups is 4. The zero-order chi connectivity index (χ0) is 50.6. The second kappa shape index (κ2) is 19.9. The number of nitrogens with one attached hydrogen (secondary N) is 3. The fourth-order valence-electron chi connectivity index (χ4n) is 13.0. The number of imide groups is 1. The van der Waals surface area contributed by atoms with Crippen LogP contribution in [-0.2, 0) is 29.6 Å². The van der Waals surface area contributed by atoms with Gasteiger partial charge in [0, 0.05) is 74.2 Å². The molecule has 7 aromatic rings. The van der Waals surface area contributed by atoms with Crippen LogP contribution >= 0.6 is 11.3 Å². The Hall–Kier alpha value is -7.17. The van der Waals surface area contributed by atoms with Gasteiger partial charge in [-0.25, -0.2) is 14.8 Å². The minimum atomic E-state index is -1.04. The van der Waals surface area contributed by atoms with Gasteiger partial charge in [0.1, 0.15) is 12.3 Å². The molecule has 74 heavy (non-hydrogen) atoms. The van der Waals surface area contributed by atoms with Crippen molar-refractivity contribution in [2.75, 3.05) is 54.4 Å². The topological polar surface area (TPSA) is 176 Å². The molecular formula is C58H62N9O6S+. The Labute approximate surface area is 433 Å².